The number of carbonyl (C=O) groups excluding carboxylic acids is 1. The molecule has 2 rings (SSSR count). The Morgan fingerprint density at radius 1 is 1.26 bits per heavy atom. The number of morpholine rings is 1. The number of methoxy groups -OCH3 is 1. The van der Waals surface area contributed by atoms with E-state index in [4.69, 9.17) is 9.47 Å². The van der Waals surface area contributed by atoms with E-state index in [0.29, 0.717) is 25.1 Å². The van der Waals surface area contributed by atoms with Gasteiger partial charge >= 0.3 is 0 Å². The largest absolute Gasteiger partial charge is 0.495 e. The zero-order valence-corrected chi connectivity index (χ0v) is 16.8. The maximum Gasteiger partial charge on any atom is 0.251 e. The number of hydrogen-bond acceptors (Lipinski definition) is 6. The summed E-state index contributed by atoms with van der Waals surface area (Å²) in [5.41, 5.74) is 0.291. The van der Waals surface area contributed by atoms with Gasteiger partial charge in [0.25, 0.3) is 5.91 Å². The van der Waals surface area contributed by atoms with Crippen LogP contribution in [-0.2, 0) is 14.8 Å². The van der Waals surface area contributed by atoms with Crippen LogP contribution in [0.15, 0.2) is 23.1 Å². The van der Waals surface area contributed by atoms with Crippen molar-refractivity contribution in [3.8, 4) is 5.75 Å². The molecule has 1 aliphatic heterocycles. The molecule has 9 heteroatoms. The lowest BCUT2D eigenvalue weighted by Crippen LogP contribution is -2.38. The summed E-state index contributed by atoms with van der Waals surface area (Å²) in [6.45, 7) is 6.95. The van der Waals surface area contributed by atoms with Crippen molar-refractivity contribution in [1.82, 2.24) is 14.9 Å². The lowest BCUT2D eigenvalue weighted by Gasteiger charge is -2.26. The van der Waals surface area contributed by atoms with Crippen LogP contribution in [-0.4, -0.2) is 72.3 Å². The number of amides is 1. The van der Waals surface area contributed by atoms with Crippen LogP contribution in [0.4, 0.5) is 0 Å². The molecule has 1 fully saturated rings. The lowest BCUT2D eigenvalue weighted by molar-refractivity contribution is 0.0374. The molecule has 0 atom stereocenters. The Morgan fingerprint density at radius 2 is 2.00 bits per heavy atom. The third kappa shape index (κ3) is 6.46. The second kappa shape index (κ2) is 10.6. The maximum absolute atomic E-state index is 12.4. The van der Waals surface area contributed by atoms with Crippen LogP contribution in [0, 0.1) is 0 Å². The average molecular weight is 400 g/mol. The number of benzene rings is 1. The fourth-order valence-electron chi connectivity index (χ4n) is 2.77. The van der Waals surface area contributed by atoms with E-state index in [-0.39, 0.29) is 16.6 Å². The monoisotopic (exact) mass is 399 g/mol. The van der Waals surface area contributed by atoms with Gasteiger partial charge in [-0.15, -0.1) is 0 Å². The highest BCUT2D eigenvalue weighted by atomic mass is 32.2. The van der Waals surface area contributed by atoms with Crippen molar-refractivity contribution in [2.45, 2.75) is 24.7 Å². The summed E-state index contributed by atoms with van der Waals surface area (Å²) in [6.07, 6.45) is 1.50. The zero-order valence-electron chi connectivity index (χ0n) is 16.0. The molecule has 1 aliphatic rings. The Hall–Kier alpha value is -1.68. The predicted octanol–water partition coefficient (Wildman–Crippen LogP) is 0.836. The number of rotatable bonds is 10. The zero-order chi connectivity index (χ0) is 19.7. The van der Waals surface area contributed by atoms with Crippen molar-refractivity contribution in [2.75, 3.05) is 53.0 Å². The highest BCUT2D eigenvalue weighted by Gasteiger charge is 2.21. The van der Waals surface area contributed by atoms with Crippen molar-refractivity contribution in [3.63, 3.8) is 0 Å². The van der Waals surface area contributed by atoms with E-state index >= 15 is 0 Å². The van der Waals surface area contributed by atoms with E-state index in [1.54, 1.807) is 6.07 Å². The van der Waals surface area contributed by atoms with Gasteiger partial charge in [-0.3, -0.25) is 9.69 Å². The first-order chi connectivity index (χ1) is 13.0. The second-order valence-electron chi connectivity index (χ2n) is 6.33. The van der Waals surface area contributed by atoms with Crippen LogP contribution < -0.4 is 14.8 Å². The molecule has 0 aliphatic carbocycles. The topological polar surface area (TPSA) is 97.0 Å². The maximum atomic E-state index is 12.4. The molecule has 1 heterocycles. The van der Waals surface area contributed by atoms with Gasteiger partial charge < -0.3 is 14.8 Å². The van der Waals surface area contributed by atoms with Gasteiger partial charge in [0.2, 0.25) is 10.0 Å². The van der Waals surface area contributed by atoms with E-state index in [1.165, 1.54) is 19.2 Å². The van der Waals surface area contributed by atoms with Crippen molar-refractivity contribution < 1.29 is 22.7 Å². The molecule has 0 unspecified atom stereocenters. The molecular weight excluding hydrogens is 370 g/mol. The highest BCUT2D eigenvalue weighted by Crippen LogP contribution is 2.24. The first-order valence-electron chi connectivity index (χ1n) is 9.24. The van der Waals surface area contributed by atoms with Gasteiger partial charge in [0.1, 0.15) is 10.6 Å². The van der Waals surface area contributed by atoms with Gasteiger partial charge in [-0.2, -0.15) is 0 Å². The van der Waals surface area contributed by atoms with Crippen LogP contribution in [0.5, 0.6) is 5.75 Å². The minimum absolute atomic E-state index is 0.0283. The molecule has 0 aromatic heterocycles. The minimum atomic E-state index is -3.73. The molecule has 1 aromatic rings. The Balaban J connectivity index is 1.96. The summed E-state index contributed by atoms with van der Waals surface area (Å²) in [5.74, 6) is -0.0888. The molecule has 0 saturated carbocycles. The van der Waals surface area contributed by atoms with Gasteiger partial charge in [0.15, 0.2) is 0 Å². The summed E-state index contributed by atoms with van der Waals surface area (Å²) in [4.78, 5) is 14.7. The Bertz CT molecular complexity index is 718. The first kappa shape index (κ1) is 21.6. The van der Waals surface area contributed by atoms with Gasteiger partial charge in [-0.05, 0) is 37.6 Å². The molecule has 8 nitrogen and oxygen atoms in total. The van der Waals surface area contributed by atoms with Crippen molar-refractivity contribution >= 4 is 15.9 Å². The van der Waals surface area contributed by atoms with Crippen LogP contribution >= 0.6 is 0 Å². The third-order valence-electron chi connectivity index (χ3n) is 4.30. The van der Waals surface area contributed by atoms with E-state index in [2.05, 4.69) is 14.9 Å². The SMILES string of the molecule is CCCNS(=O)(=O)c1cc(C(=O)NCCCN2CCOCC2)ccc1OC. The van der Waals surface area contributed by atoms with E-state index in [1.807, 2.05) is 6.92 Å². The molecule has 0 spiro atoms. The second-order valence-corrected chi connectivity index (χ2v) is 8.06. The van der Waals surface area contributed by atoms with Crippen LogP contribution in [0.25, 0.3) is 0 Å². The number of ether oxygens (including phenoxy) is 2. The fraction of sp³-hybridized carbons (Fsp3) is 0.611. The summed E-state index contributed by atoms with van der Waals surface area (Å²) in [5, 5.41) is 2.84. The molecule has 0 bridgehead atoms. The number of sulfonamides is 1. The number of hydrogen-bond donors (Lipinski definition) is 2. The average Bonchev–Trinajstić information content (AvgIpc) is 2.69. The van der Waals surface area contributed by atoms with Crippen molar-refractivity contribution in [1.29, 1.82) is 0 Å². The van der Waals surface area contributed by atoms with Gasteiger partial charge in [0.05, 0.1) is 20.3 Å². The molecule has 1 amide bonds. The molecule has 0 radical (unpaired) electrons. The molecule has 152 valence electrons. The number of nitrogens with one attached hydrogen (secondary N) is 2. The molecular formula is C18H29N3O5S. The van der Waals surface area contributed by atoms with Crippen LogP contribution in [0.1, 0.15) is 30.1 Å². The Labute approximate surface area is 161 Å². The van der Waals surface area contributed by atoms with Crippen LogP contribution in [0.2, 0.25) is 0 Å². The summed E-state index contributed by atoms with van der Waals surface area (Å²) >= 11 is 0. The molecule has 1 saturated heterocycles. The quantitative estimate of drug-likeness (QED) is 0.566. The van der Waals surface area contributed by atoms with E-state index in [0.717, 1.165) is 39.3 Å². The van der Waals surface area contributed by atoms with Gasteiger partial charge in [-0.1, -0.05) is 6.92 Å². The third-order valence-corrected chi connectivity index (χ3v) is 5.78. The number of carbonyl (C=O) groups is 1. The molecule has 2 N–H and O–H groups in total. The number of nitrogens with zero attached hydrogens (tertiary/aromatic N) is 1. The smallest absolute Gasteiger partial charge is 0.251 e. The van der Waals surface area contributed by atoms with Crippen LogP contribution in [0.3, 0.4) is 0 Å². The van der Waals surface area contributed by atoms with E-state index < -0.39 is 10.0 Å². The van der Waals surface area contributed by atoms with Gasteiger partial charge in [0, 0.05) is 31.7 Å². The normalized spacial score (nSPS) is 15.5. The summed E-state index contributed by atoms with van der Waals surface area (Å²) < 4.78 is 37.8. The fourth-order valence-corrected chi connectivity index (χ4v) is 4.10. The molecule has 1 aromatic carbocycles. The Morgan fingerprint density at radius 3 is 2.67 bits per heavy atom. The predicted molar refractivity (Wildman–Crippen MR) is 103 cm³/mol. The minimum Gasteiger partial charge on any atom is -0.495 e. The molecule has 27 heavy (non-hydrogen) atoms. The highest BCUT2D eigenvalue weighted by molar-refractivity contribution is 7.89. The van der Waals surface area contributed by atoms with Gasteiger partial charge in [-0.25, -0.2) is 13.1 Å². The van der Waals surface area contributed by atoms with Crippen molar-refractivity contribution in [2.24, 2.45) is 0 Å². The summed E-state index contributed by atoms with van der Waals surface area (Å²) in [7, 11) is -2.33. The lowest BCUT2D eigenvalue weighted by atomic mass is 10.2. The van der Waals surface area contributed by atoms with E-state index in [9.17, 15) is 13.2 Å². The summed E-state index contributed by atoms with van der Waals surface area (Å²) in [6, 6.07) is 4.42. The first-order valence-corrected chi connectivity index (χ1v) is 10.7. The Kier molecular flexibility index (Phi) is 8.49. The standard InChI is InChI=1S/C18H29N3O5S/c1-3-7-20-27(23,24)17-14-15(5-6-16(17)25-2)18(22)19-8-4-9-21-10-12-26-13-11-21/h5-6,14,20H,3-4,7-13H2,1-2H3,(H,19,22). The van der Waals surface area contributed by atoms with Crippen molar-refractivity contribution in [3.05, 3.63) is 23.8 Å².